The molecule has 0 amide bonds. The fourth-order valence-electron chi connectivity index (χ4n) is 2.30. The molecule has 0 aliphatic rings. The van der Waals surface area contributed by atoms with E-state index in [0.29, 0.717) is 0 Å². The largest absolute Gasteiger partial charge is 0.397 e. The number of rotatable bonds is 2. The topological polar surface area (TPSA) is 55.3 Å². The maximum Gasteiger partial charge on any atom is 0.169 e. The van der Waals surface area contributed by atoms with E-state index in [9.17, 15) is 4.39 Å². The van der Waals surface area contributed by atoms with E-state index in [1.54, 1.807) is 11.9 Å². The molecule has 4 N–H and O–H groups in total. The zero-order chi connectivity index (χ0) is 15.0. The van der Waals surface area contributed by atoms with Gasteiger partial charge in [0, 0.05) is 12.7 Å². The van der Waals surface area contributed by atoms with Crippen molar-refractivity contribution in [2.75, 3.05) is 23.4 Å². The van der Waals surface area contributed by atoms with Gasteiger partial charge >= 0.3 is 0 Å². The first kappa shape index (κ1) is 14.5. The van der Waals surface area contributed by atoms with Gasteiger partial charge in [0.1, 0.15) is 10.7 Å². The van der Waals surface area contributed by atoms with Crippen molar-refractivity contribution < 1.29 is 4.39 Å². The first-order valence-electron chi connectivity index (χ1n) is 6.17. The second kappa shape index (κ2) is 5.21. The summed E-state index contributed by atoms with van der Waals surface area (Å²) in [5.41, 5.74) is 15.2. The fourth-order valence-corrected chi connectivity index (χ4v) is 2.44. The first-order valence-corrected chi connectivity index (χ1v) is 6.54. The van der Waals surface area contributed by atoms with E-state index in [0.717, 1.165) is 16.8 Å². The van der Waals surface area contributed by atoms with Crippen LogP contribution in [-0.2, 0) is 0 Å². The molecule has 0 spiro atoms. The third-order valence-electron chi connectivity index (χ3n) is 3.29. The first-order chi connectivity index (χ1) is 9.32. The highest BCUT2D eigenvalue weighted by atomic mass is 35.5. The maximum atomic E-state index is 14.3. The molecule has 0 unspecified atom stereocenters. The minimum absolute atomic E-state index is 0.106. The van der Waals surface area contributed by atoms with Crippen molar-refractivity contribution in [3.8, 4) is 0 Å². The number of halogens is 2. The second-order valence-corrected chi connectivity index (χ2v) is 5.26. The van der Waals surface area contributed by atoms with Gasteiger partial charge in [-0.2, -0.15) is 0 Å². The predicted molar refractivity (Wildman–Crippen MR) is 84.2 cm³/mol. The van der Waals surface area contributed by atoms with Gasteiger partial charge in [-0.05, 0) is 31.5 Å². The molecule has 2 rings (SSSR count). The summed E-state index contributed by atoms with van der Waals surface area (Å²) in [6.45, 7) is 3.97. The lowest BCUT2D eigenvalue weighted by atomic mass is 10.1. The van der Waals surface area contributed by atoms with Crippen LogP contribution in [-0.4, -0.2) is 7.05 Å². The maximum absolute atomic E-state index is 14.3. The molecule has 0 atom stereocenters. The van der Waals surface area contributed by atoms with E-state index in [-0.39, 0.29) is 22.1 Å². The van der Waals surface area contributed by atoms with Crippen molar-refractivity contribution in [1.82, 2.24) is 0 Å². The van der Waals surface area contributed by atoms with Gasteiger partial charge in [0.15, 0.2) is 5.82 Å². The Morgan fingerprint density at radius 3 is 2.35 bits per heavy atom. The van der Waals surface area contributed by atoms with Crippen LogP contribution >= 0.6 is 11.6 Å². The highest BCUT2D eigenvalue weighted by molar-refractivity contribution is 6.33. The smallest absolute Gasteiger partial charge is 0.169 e. The SMILES string of the molecule is Cc1ccc(N(C)c2c(N)cc(N)c(Cl)c2F)c(C)c1. The van der Waals surface area contributed by atoms with Crippen molar-refractivity contribution >= 4 is 34.4 Å². The minimum atomic E-state index is -0.605. The minimum Gasteiger partial charge on any atom is -0.397 e. The number of nitrogen functional groups attached to an aromatic ring is 2. The molecule has 0 fully saturated rings. The van der Waals surface area contributed by atoms with Crippen LogP contribution in [0.15, 0.2) is 24.3 Å². The highest BCUT2D eigenvalue weighted by Crippen LogP contribution is 2.39. The van der Waals surface area contributed by atoms with Gasteiger partial charge in [0.2, 0.25) is 0 Å². The van der Waals surface area contributed by atoms with Crippen LogP contribution in [0.3, 0.4) is 0 Å². The van der Waals surface area contributed by atoms with Crippen LogP contribution < -0.4 is 16.4 Å². The summed E-state index contributed by atoms with van der Waals surface area (Å²) in [5, 5.41) is -0.106. The summed E-state index contributed by atoms with van der Waals surface area (Å²) in [7, 11) is 1.75. The Kier molecular flexibility index (Phi) is 3.77. The van der Waals surface area contributed by atoms with Crippen molar-refractivity contribution in [2.45, 2.75) is 13.8 Å². The normalized spacial score (nSPS) is 10.7. The summed E-state index contributed by atoms with van der Waals surface area (Å²) < 4.78 is 14.3. The van der Waals surface area contributed by atoms with E-state index >= 15 is 0 Å². The molecule has 106 valence electrons. The van der Waals surface area contributed by atoms with Crippen LogP contribution in [0.25, 0.3) is 0 Å². The number of nitrogens with two attached hydrogens (primary N) is 2. The molecular formula is C15H17ClFN3. The fraction of sp³-hybridized carbons (Fsp3) is 0.200. The lowest BCUT2D eigenvalue weighted by Gasteiger charge is -2.24. The van der Waals surface area contributed by atoms with E-state index in [1.807, 2.05) is 32.0 Å². The standard InChI is InChI=1S/C15H17ClFN3/c1-8-4-5-12(9(2)6-8)20(3)15-11(19)7-10(18)13(16)14(15)17/h4-7H,18-19H2,1-3H3. The lowest BCUT2D eigenvalue weighted by molar-refractivity contribution is 0.629. The Labute approximate surface area is 122 Å². The summed E-state index contributed by atoms with van der Waals surface area (Å²) in [6, 6.07) is 7.39. The molecule has 0 radical (unpaired) electrons. The average Bonchev–Trinajstić information content (AvgIpc) is 2.36. The Bertz CT molecular complexity index is 671. The Morgan fingerprint density at radius 2 is 1.75 bits per heavy atom. The molecule has 20 heavy (non-hydrogen) atoms. The third kappa shape index (κ3) is 2.39. The summed E-state index contributed by atoms with van der Waals surface area (Å²) >= 11 is 5.87. The van der Waals surface area contributed by atoms with Crippen molar-refractivity contribution in [2.24, 2.45) is 0 Å². The molecule has 0 heterocycles. The molecule has 0 aromatic heterocycles. The van der Waals surface area contributed by atoms with E-state index < -0.39 is 5.82 Å². The number of hydrogen-bond acceptors (Lipinski definition) is 3. The molecule has 0 aliphatic carbocycles. The molecule has 0 aliphatic heterocycles. The summed E-state index contributed by atoms with van der Waals surface area (Å²) in [5.74, 6) is -0.605. The van der Waals surface area contributed by atoms with Crippen LogP contribution in [0.4, 0.5) is 27.1 Å². The van der Waals surface area contributed by atoms with Crippen molar-refractivity contribution in [3.63, 3.8) is 0 Å². The second-order valence-electron chi connectivity index (χ2n) is 4.88. The monoisotopic (exact) mass is 293 g/mol. The quantitative estimate of drug-likeness (QED) is 0.822. The number of anilines is 4. The molecular weight excluding hydrogens is 277 g/mol. The van der Waals surface area contributed by atoms with Gasteiger partial charge in [-0.1, -0.05) is 29.3 Å². The van der Waals surface area contributed by atoms with Crippen LogP contribution in [0.2, 0.25) is 5.02 Å². The molecule has 0 saturated heterocycles. The Morgan fingerprint density at radius 1 is 1.10 bits per heavy atom. The Hall–Kier alpha value is -1.94. The molecule has 3 nitrogen and oxygen atoms in total. The molecule has 0 saturated carbocycles. The molecule has 0 bridgehead atoms. The van der Waals surface area contributed by atoms with E-state index in [2.05, 4.69) is 0 Å². The molecule has 2 aromatic rings. The van der Waals surface area contributed by atoms with Gasteiger partial charge < -0.3 is 16.4 Å². The van der Waals surface area contributed by atoms with E-state index in [4.69, 9.17) is 23.1 Å². The van der Waals surface area contributed by atoms with E-state index in [1.165, 1.54) is 6.07 Å². The van der Waals surface area contributed by atoms with Crippen LogP contribution in [0, 0.1) is 19.7 Å². The molecule has 2 aromatic carbocycles. The van der Waals surface area contributed by atoms with Gasteiger partial charge in [0.05, 0.1) is 11.4 Å². The van der Waals surface area contributed by atoms with Crippen molar-refractivity contribution in [1.29, 1.82) is 0 Å². The summed E-state index contributed by atoms with van der Waals surface area (Å²) in [4.78, 5) is 1.69. The van der Waals surface area contributed by atoms with Crippen LogP contribution in [0.5, 0.6) is 0 Å². The Balaban J connectivity index is 2.59. The number of aryl methyl sites for hydroxylation is 2. The van der Waals surface area contributed by atoms with Gasteiger partial charge in [-0.25, -0.2) is 4.39 Å². The van der Waals surface area contributed by atoms with Crippen molar-refractivity contribution in [3.05, 3.63) is 46.2 Å². The number of benzene rings is 2. The zero-order valence-electron chi connectivity index (χ0n) is 11.7. The lowest BCUT2D eigenvalue weighted by Crippen LogP contribution is -2.15. The number of hydrogen-bond donors (Lipinski definition) is 2. The van der Waals surface area contributed by atoms with Gasteiger partial charge in [-0.15, -0.1) is 0 Å². The van der Waals surface area contributed by atoms with Gasteiger partial charge in [-0.3, -0.25) is 0 Å². The zero-order valence-corrected chi connectivity index (χ0v) is 12.4. The average molecular weight is 294 g/mol. The predicted octanol–water partition coefficient (Wildman–Crippen LogP) is 4.03. The number of nitrogens with zero attached hydrogens (tertiary/aromatic N) is 1. The summed E-state index contributed by atoms with van der Waals surface area (Å²) in [6.07, 6.45) is 0. The third-order valence-corrected chi connectivity index (χ3v) is 3.67. The van der Waals surface area contributed by atoms with Crippen LogP contribution in [0.1, 0.15) is 11.1 Å². The highest BCUT2D eigenvalue weighted by Gasteiger charge is 2.19. The molecule has 5 heteroatoms. The van der Waals surface area contributed by atoms with Gasteiger partial charge in [0.25, 0.3) is 0 Å².